The van der Waals surface area contributed by atoms with Crippen molar-refractivity contribution in [3.8, 4) is 0 Å². The minimum atomic E-state index is -0.0746. The number of unbranched alkanes of at least 4 members (excludes halogenated alkanes) is 1. The molecule has 0 aromatic carbocycles. The summed E-state index contributed by atoms with van der Waals surface area (Å²) in [4.78, 5) is 21.3. The molecular formula is C13H19N3O2S. The van der Waals surface area contributed by atoms with Gasteiger partial charge in [-0.05, 0) is 24.4 Å². The molecule has 0 amide bonds. The highest BCUT2D eigenvalue weighted by Gasteiger charge is 2.09. The summed E-state index contributed by atoms with van der Waals surface area (Å²) in [5.41, 5.74) is 0.678. The number of aliphatic hydroxyl groups is 1. The van der Waals surface area contributed by atoms with Gasteiger partial charge >= 0.3 is 0 Å². The van der Waals surface area contributed by atoms with E-state index in [0.29, 0.717) is 23.6 Å². The number of nitrogens with zero attached hydrogens (tertiary/aromatic N) is 2. The number of nitrogens with one attached hydrogen (secondary N) is 1. The Morgan fingerprint density at radius 2 is 2.32 bits per heavy atom. The van der Waals surface area contributed by atoms with Crippen molar-refractivity contribution in [2.75, 3.05) is 19.7 Å². The molecule has 0 fully saturated rings. The summed E-state index contributed by atoms with van der Waals surface area (Å²) >= 11 is 1.41. The van der Waals surface area contributed by atoms with E-state index in [0.717, 1.165) is 24.9 Å². The Balaban J connectivity index is 2.15. The van der Waals surface area contributed by atoms with Crippen molar-refractivity contribution in [3.63, 3.8) is 0 Å². The number of rotatable bonds is 7. The lowest BCUT2D eigenvalue weighted by molar-refractivity contribution is 0.185. The molecule has 2 N–H and O–H groups in total. The van der Waals surface area contributed by atoms with E-state index in [4.69, 9.17) is 5.11 Å². The highest BCUT2D eigenvalue weighted by Crippen LogP contribution is 2.14. The summed E-state index contributed by atoms with van der Waals surface area (Å²) < 4.78 is 0.672. The quantitative estimate of drug-likeness (QED) is 0.808. The van der Waals surface area contributed by atoms with Gasteiger partial charge in [0.2, 0.25) is 0 Å². The maximum absolute atomic E-state index is 11.9. The van der Waals surface area contributed by atoms with Gasteiger partial charge in [0.25, 0.3) is 5.56 Å². The fraction of sp³-hybridized carbons (Fsp3) is 0.538. The lowest BCUT2D eigenvalue weighted by atomic mass is 10.3. The molecule has 0 saturated heterocycles. The van der Waals surface area contributed by atoms with Gasteiger partial charge in [-0.1, -0.05) is 13.3 Å². The van der Waals surface area contributed by atoms with Gasteiger partial charge < -0.3 is 10.1 Å². The van der Waals surface area contributed by atoms with E-state index in [1.54, 1.807) is 0 Å². The van der Waals surface area contributed by atoms with Crippen molar-refractivity contribution in [1.82, 2.24) is 14.9 Å². The van der Waals surface area contributed by atoms with Crippen LogP contribution in [0.5, 0.6) is 0 Å². The van der Waals surface area contributed by atoms with Crippen molar-refractivity contribution in [1.29, 1.82) is 0 Å². The molecule has 0 aliphatic rings. The molecule has 104 valence electrons. The van der Waals surface area contributed by atoms with Gasteiger partial charge in [-0.15, -0.1) is 11.3 Å². The zero-order valence-corrected chi connectivity index (χ0v) is 11.9. The van der Waals surface area contributed by atoms with Crippen LogP contribution in [0.2, 0.25) is 0 Å². The molecule has 6 heteroatoms. The number of H-pyrrole nitrogens is 1. The largest absolute Gasteiger partial charge is 0.395 e. The predicted octanol–water partition coefficient (Wildman–Crippen LogP) is 1.58. The monoisotopic (exact) mass is 281 g/mol. The molecular weight excluding hydrogens is 262 g/mol. The van der Waals surface area contributed by atoms with Crippen LogP contribution in [0.15, 0.2) is 16.2 Å². The fourth-order valence-corrected chi connectivity index (χ4v) is 2.73. The first-order valence-electron chi connectivity index (χ1n) is 6.54. The Morgan fingerprint density at radius 3 is 3.05 bits per heavy atom. The number of aliphatic hydroxyl groups excluding tert-OH is 1. The maximum atomic E-state index is 11.9. The van der Waals surface area contributed by atoms with Gasteiger partial charge in [0.1, 0.15) is 10.5 Å². The lowest BCUT2D eigenvalue weighted by Gasteiger charge is -2.20. The molecule has 2 heterocycles. The molecule has 0 spiro atoms. The molecule has 0 aliphatic heterocycles. The molecule has 0 atom stereocenters. The number of aromatic nitrogens is 2. The number of hydrogen-bond donors (Lipinski definition) is 2. The summed E-state index contributed by atoms with van der Waals surface area (Å²) in [6.07, 6.45) is 2.18. The molecule has 0 bridgehead atoms. The van der Waals surface area contributed by atoms with E-state index in [9.17, 15) is 4.79 Å². The third-order valence-corrected chi connectivity index (χ3v) is 3.88. The van der Waals surface area contributed by atoms with Crippen molar-refractivity contribution in [2.45, 2.75) is 26.3 Å². The average Bonchev–Trinajstić information content (AvgIpc) is 2.85. The minimum Gasteiger partial charge on any atom is -0.395 e. The van der Waals surface area contributed by atoms with E-state index in [1.165, 1.54) is 11.3 Å². The van der Waals surface area contributed by atoms with E-state index in [2.05, 4.69) is 21.8 Å². The Bertz CT molecular complexity index is 579. The molecule has 0 saturated carbocycles. The van der Waals surface area contributed by atoms with Gasteiger partial charge in [-0.2, -0.15) is 0 Å². The van der Waals surface area contributed by atoms with Crippen LogP contribution in [0.4, 0.5) is 0 Å². The molecule has 0 unspecified atom stereocenters. The third-order valence-electron chi connectivity index (χ3n) is 2.98. The molecule has 5 nitrogen and oxygen atoms in total. The summed E-state index contributed by atoms with van der Waals surface area (Å²) in [6.45, 7) is 4.33. The van der Waals surface area contributed by atoms with Crippen LogP contribution in [0, 0.1) is 0 Å². The number of aromatic amines is 1. The summed E-state index contributed by atoms with van der Waals surface area (Å²) in [5.74, 6) is 0.667. The number of thiophene rings is 1. The molecule has 0 aliphatic carbocycles. The summed E-state index contributed by atoms with van der Waals surface area (Å²) in [6, 6.07) is 1.86. The molecule has 19 heavy (non-hydrogen) atoms. The fourth-order valence-electron chi connectivity index (χ4n) is 2.00. The topological polar surface area (TPSA) is 69.2 Å². The second kappa shape index (κ2) is 6.79. The van der Waals surface area contributed by atoms with Crippen LogP contribution in [-0.4, -0.2) is 39.7 Å². The van der Waals surface area contributed by atoms with E-state index in [-0.39, 0.29) is 12.2 Å². The molecule has 0 radical (unpaired) electrons. The van der Waals surface area contributed by atoms with Crippen molar-refractivity contribution < 1.29 is 5.11 Å². The van der Waals surface area contributed by atoms with E-state index < -0.39 is 0 Å². The second-order valence-corrected chi connectivity index (χ2v) is 5.42. The number of fused-ring (bicyclic) bond motifs is 1. The van der Waals surface area contributed by atoms with Gasteiger partial charge in [0.15, 0.2) is 0 Å². The van der Waals surface area contributed by atoms with Crippen LogP contribution >= 0.6 is 11.3 Å². The normalized spacial score (nSPS) is 11.5. The molecule has 2 aromatic rings. The summed E-state index contributed by atoms with van der Waals surface area (Å²) in [5, 5.41) is 10.9. The van der Waals surface area contributed by atoms with Gasteiger partial charge in [-0.25, -0.2) is 4.98 Å². The first-order chi connectivity index (χ1) is 9.24. The number of hydrogen-bond acceptors (Lipinski definition) is 5. The Hall–Kier alpha value is -1.24. The predicted molar refractivity (Wildman–Crippen MR) is 77.5 cm³/mol. The van der Waals surface area contributed by atoms with Crippen molar-refractivity contribution in [2.24, 2.45) is 0 Å². The smallest absolute Gasteiger partial charge is 0.268 e. The van der Waals surface area contributed by atoms with Crippen LogP contribution in [0.1, 0.15) is 25.6 Å². The maximum Gasteiger partial charge on any atom is 0.268 e. The van der Waals surface area contributed by atoms with Gasteiger partial charge in [0, 0.05) is 6.54 Å². The highest BCUT2D eigenvalue weighted by atomic mass is 32.1. The second-order valence-electron chi connectivity index (χ2n) is 4.50. The standard InChI is InChI=1S/C13H19N3O2S/c1-2-3-5-16(6-7-17)9-11-14-10-4-8-19-12(10)13(18)15-11/h4,8,17H,2-3,5-7,9H2,1H3,(H,14,15,18). The molecule has 2 rings (SSSR count). The van der Waals surface area contributed by atoms with E-state index in [1.807, 2.05) is 11.4 Å². The first kappa shape index (κ1) is 14.2. The first-order valence-corrected chi connectivity index (χ1v) is 7.42. The van der Waals surface area contributed by atoms with Crippen LogP contribution in [0.3, 0.4) is 0 Å². The van der Waals surface area contributed by atoms with Crippen molar-refractivity contribution in [3.05, 3.63) is 27.6 Å². The van der Waals surface area contributed by atoms with E-state index >= 15 is 0 Å². The Labute approximate surface area is 115 Å². The lowest BCUT2D eigenvalue weighted by Crippen LogP contribution is -2.29. The third kappa shape index (κ3) is 3.62. The SMILES string of the molecule is CCCCN(CCO)Cc1nc2ccsc2c(=O)[nH]1. The van der Waals surface area contributed by atoms with Gasteiger partial charge in [0.05, 0.1) is 18.7 Å². The zero-order chi connectivity index (χ0) is 13.7. The average molecular weight is 281 g/mol. The van der Waals surface area contributed by atoms with Crippen LogP contribution in [0.25, 0.3) is 10.2 Å². The molecule has 2 aromatic heterocycles. The van der Waals surface area contributed by atoms with Crippen LogP contribution < -0.4 is 5.56 Å². The highest BCUT2D eigenvalue weighted by molar-refractivity contribution is 7.17. The zero-order valence-electron chi connectivity index (χ0n) is 11.1. The Morgan fingerprint density at radius 1 is 1.47 bits per heavy atom. The minimum absolute atomic E-state index is 0.0746. The van der Waals surface area contributed by atoms with Crippen molar-refractivity contribution >= 4 is 21.6 Å². The van der Waals surface area contributed by atoms with Crippen LogP contribution in [-0.2, 0) is 6.54 Å². The summed E-state index contributed by atoms with van der Waals surface area (Å²) in [7, 11) is 0. The Kier molecular flexibility index (Phi) is 5.07. The van der Waals surface area contributed by atoms with Gasteiger partial charge in [-0.3, -0.25) is 9.69 Å².